The topological polar surface area (TPSA) is 88.2 Å². The first-order chi connectivity index (χ1) is 9.11. The molecule has 2 heterocycles. The number of thioether (sulfide) groups is 1. The zero-order valence-corrected chi connectivity index (χ0v) is 11.9. The monoisotopic (exact) mass is 299 g/mol. The summed E-state index contributed by atoms with van der Waals surface area (Å²) in [6, 6.07) is 2.02. The van der Waals surface area contributed by atoms with E-state index in [1.54, 1.807) is 15.9 Å². The van der Waals surface area contributed by atoms with Crippen LogP contribution in [0.4, 0.5) is 0 Å². The van der Waals surface area contributed by atoms with E-state index in [1.165, 1.54) is 0 Å². The first-order valence-electron chi connectivity index (χ1n) is 5.52. The first-order valence-corrected chi connectivity index (χ1v) is 7.39. The highest BCUT2D eigenvalue weighted by atomic mass is 32.2. The van der Waals surface area contributed by atoms with Crippen LogP contribution in [-0.2, 0) is 17.9 Å². The maximum absolute atomic E-state index is 10.6. The van der Waals surface area contributed by atoms with Crippen molar-refractivity contribution in [3.63, 3.8) is 0 Å². The lowest BCUT2D eigenvalue weighted by molar-refractivity contribution is -0.133. The molecule has 102 valence electrons. The molecule has 0 amide bonds. The van der Waals surface area contributed by atoms with Crippen molar-refractivity contribution in [3.8, 4) is 0 Å². The van der Waals surface area contributed by atoms with Gasteiger partial charge in [-0.3, -0.25) is 9.36 Å². The Balaban J connectivity index is 2.23. The zero-order valence-electron chi connectivity index (χ0n) is 10.2. The lowest BCUT2D eigenvalue weighted by Gasteiger charge is -2.07. The molecule has 0 saturated heterocycles. The van der Waals surface area contributed by atoms with Crippen LogP contribution in [0.5, 0.6) is 0 Å². The van der Waals surface area contributed by atoms with Crippen LogP contribution < -0.4 is 0 Å². The highest BCUT2D eigenvalue weighted by molar-refractivity contribution is 7.99. The summed E-state index contributed by atoms with van der Waals surface area (Å²) in [5, 5.41) is 28.3. The van der Waals surface area contributed by atoms with Gasteiger partial charge in [0.25, 0.3) is 0 Å². The number of aliphatic carboxylic acids is 1. The van der Waals surface area contributed by atoms with Crippen molar-refractivity contribution < 1.29 is 15.0 Å². The molecule has 2 aromatic rings. The van der Waals surface area contributed by atoms with Gasteiger partial charge >= 0.3 is 5.97 Å². The number of nitrogens with zero attached hydrogens (tertiary/aromatic N) is 3. The molecule has 0 unspecified atom stereocenters. The summed E-state index contributed by atoms with van der Waals surface area (Å²) < 4.78 is 1.76. The van der Waals surface area contributed by atoms with Gasteiger partial charge < -0.3 is 10.2 Å². The fourth-order valence-corrected chi connectivity index (χ4v) is 3.11. The van der Waals surface area contributed by atoms with Crippen LogP contribution in [0.1, 0.15) is 16.3 Å². The van der Waals surface area contributed by atoms with Gasteiger partial charge in [-0.05, 0) is 23.9 Å². The van der Waals surface area contributed by atoms with E-state index in [0.29, 0.717) is 17.5 Å². The number of carboxylic acid groups (broad SMARTS) is 1. The predicted molar refractivity (Wildman–Crippen MR) is 72.5 cm³/mol. The van der Waals surface area contributed by atoms with E-state index < -0.39 is 5.97 Å². The molecule has 0 aliphatic heterocycles. The Morgan fingerprint density at radius 3 is 2.89 bits per heavy atom. The van der Waals surface area contributed by atoms with Gasteiger partial charge in [-0.15, -0.1) is 21.5 Å². The number of rotatable bonds is 6. The predicted octanol–water partition coefficient (Wildman–Crippen LogP) is 1.37. The van der Waals surface area contributed by atoms with Crippen molar-refractivity contribution in [2.24, 2.45) is 0 Å². The van der Waals surface area contributed by atoms with Crippen LogP contribution in [0.25, 0.3) is 0 Å². The van der Waals surface area contributed by atoms with E-state index >= 15 is 0 Å². The summed E-state index contributed by atoms with van der Waals surface area (Å²) in [7, 11) is 0. The smallest absolute Gasteiger partial charge is 0.313 e. The van der Waals surface area contributed by atoms with Gasteiger partial charge in [0, 0.05) is 4.88 Å². The van der Waals surface area contributed by atoms with E-state index in [-0.39, 0.29) is 12.4 Å². The average Bonchev–Trinajstić information content (AvgIpc) is 2.95. The molecule has 0 spiro atoms. The zero-order chi connectivity index (χ0) is 13.8. The number of carbonyl (C=O) groups is 1. The van der Waals surface area contributed by atoms with Crippen molar-refractivity contribution >= 4 is 29.1 Å². The number of aliphatic hydroxyl groups is 1. The molecule has 0 bridgehead atoms. The fourth-order valence-electron chi connectivity index (χ4n) is 1.54. The minimum atomic E-state index is -0.905. The van der Waals surface area contributed by atoms with E-state index in [2.05, 4.69) is 10.2 Å². The van der Waals surface area contributed by atoms with Gasteiger partial charge in [0.15, 0.2) is 11.0 Å². The van der Waals surface area contributed by atoms with E-state index in [4.69, 9.17) is 5.11 Å². The van der Waals surface area contributed by atoms with Crippen molar-refractivity contribution in [1.29, 1.82) is 0 Å². The second kappa shape index (κ2) is 6.18. The van der Waals surface area contributed by atoms with Crippen LogP contribution in [-0.4, -0.2) is 36.7 Å². The number of carboxylic acids is 1. The molecule has 0 fully saturated rings. The molecule has 0 saturated carbocycles. The summed E-state index contributed by atoms with van der Waals surface area (Å²) >= 11 is 2.72. The third-order valence-electron chi connectivity index (χ3n) is 2.53. The molecule has 8 heteroatoms. The maximum atomic E-state index is 10.6. The average molecular weight is 299 g/mol. The first kappa shape index (κ1) is 14.0. The number of thiophene rings is 1. The molecule has 2 rings (SSSR count). The molecular formula is C11H13N3O3S2. The number of aliphatic hydroxyl groups excluding tert-OH is 1. The highest BCUT2D eigenvalue weighted by Crippen LogP contribution is 2.22. The second-order valence-electron chi connectivity index (χ2n) is 3.85. The molecule has 0 aromatic carbocycles. The number of hydrogen-bond acceptors (Lipinski definition) is 6. The number of aryl methyl sites for hydroxylation is 1. The highest BCUT2D eigenvalue weighted by Gasteiger charge is 2.14. The van der Waals surface area contributed by atoms with Gasteiger partial charge in [-0.1, -0.05) is 11.8 Å². The lowest BCUT2D eigenvalue weighted by atomic mass is 10.3. The van der Waals surface area contributed by atoms with Crippen molar-refractivity contribution in [1.82, 2.24) is 14.8 Å². The summed E-state index contributed by atoms with van der Waals surface area (Å²) in [6.07, 6.45) is 0. The number of aromatic nitrogens is 3. The molecule has 0 radical (unpaired) electrons. The standard InChI is InChI=1S/C11H13N3O3S2/c1-7-2-3-18-8(7)4-14-9(5-15)12-13-11(14)19-6-10(16)17/h2-3,15H,4-6H2,1H3,(H,16,17). The third-order valence-corrected chi connectivity index (χ3v) is 4.49. The Labute approximate surface area is 118 Å². The Bertz CT molecular complexity index is 580. The molecule has 0 atom stereocenters. The maximum Gasteiger partial charge on any atom is 0.313 e. The molecule has 6 nitrogen and oxygen atoms in total. The molecule has 19 heavy (non-hydrogen) atoms. The van der Waals surface area contributed by atoms with E-state index in [9.17, 15) is 9.90 Å². The normalized spacial score (nSPS) is 10.8. The summed E-state index contributed by atoms with van der Waals surface area (Å²) in [4.78, 5) is 11.8. The Morgan fingerprint density at radius 2 is 2.32 bits per heavy atom. The van der Waals surface area contributed by atoms with Crippen LogP contribution in [0.3, 0.4) is 0 Å². The van der Waals surface area contributed by atoms with Gasteiger partial charge in [-0.25, -0.2) is 0 Å². The summed E-state index contributed by atoms with van der Waals surface area (Å²) in [5.41, 5.74) is 1.16. The molecule has 2 aromatic heterocycles. The summed E-state index contributed by atoms with van der Waals surface area (Å²) in [5.74, 6) is -0.537. The fraction of sp³-hybridized carbons (Fsp3) is 0.364. The van der Waals surface area contributed by atoms with Crippen LogP contribution in [0.15, 0.2) is 16.6 Å². The van der Waals surface area contributed by atoms with Crippen LogP contribution in [0.2, 0.25) is 0 Å². The Kier molecular flexibility index (Phi) is 4.56. The minimum absolute atomic E-state index is 0.0764. The SMILES string of the molecule is Cc1ccsc1Cn1c(CO)nnc1SCC(=O)O. The van der Waals surface area contributed by atoms with Gasteiger partial charge in [0.05, 0.1) is 12.3 Å². The minimum Gasteiger partial charge on any atom is -0.481 e. The Morgan fingerprint density at radius 1 is 1.53 bits per heavy atom. The molecule has 2 N–H and O–H groups in total. The molecular weight excluding hydrogens is 286 g/mol. The molecule has 0 aliphatic carbocycles. The van der Waals surface area contributed by atoms with Crippen molar-refractivity contribution in [2.45, 2.75) is 25.2 Å². The second-order valence-corrected chi connectivity index (χ2v) is 5.80. The number of hydrogen-bond donors (Lipinski definition) is 2. The largest absolute Gasteiger partial charge is 0.481 e. The van der Waals surface area contributed by atoms with E-state index in [0.717, 1.165) is 22.2 Å². The van der Waals surface area contributed by atoms with Gasteiger partial charge in [0.1, 0.15) is 6.61 Å². The lowest BCUT2D eigenvalue weighted by Crippen LogP contribution is -2.07. The van der Waals surface area contributed by atoms with Crippen molar-refractivity contribution in [3.05, 3.63) is 27.7 Å². The van der Waals surface area contributed by atoms with Crippen LogP contribution in [0, 0.1) is 6.92 Å². The Hall–Kier alpha value is -1.38. The van der Waals surface area contributed by atoms with Crippen LogP contribution >= 0.6 is 23.1 Å². The summed E-state index contributed by atoms with van der Waals surface area (Å²) in [6.45, 7) is 2.35. The third kappa shape index (κ3) is 3.34. The van der Waals surface area contributed by atoms with Crippen molar-refractivity contribution in [2.75, 3.05) is 5.75 Å². The quantitative estimate of drug-likeness (QED) is 0.783. The van der Waals surface area contributed by atoms with E-state index in [1.807, 2.05) is 18.4 Å². The van der Waals surface area contributed by atoms with Gasteiger partial charge in [-0.2, -0.15) is 0 Å². The van der Waals surface area contributed by atoms with Gasteiger partial charge in [0.2, 0.25) is 0 Å². The molecule has 0 aliphatic rings.